The Morgan fingerprint density at radius 2 is 1.93 bits per heavy atom. The SMILES string of the molecule is CC(F)(F)CNc1ccc(C#N)cc1. The molecule has 0 aromatic heterocycles. The first-order valence-corrected chi connectivity index (χ1v) is 4.13. The lowest BCUT2D eigenvalue weighted by Gasteiger charge is -2.12. The second-order valence-electron chi connectivity index (χ2n) is 3.11. The molecule has 0 unspecified atom stereocenters. The van der Waals surface area contributed by atoms with Gasteiger partial charge in [0.15, 0.2) is 0 Å². The van der Waals surface area contributed by atoms with Crippen LogP contribution in [0.1, 0.15) is 12.5 Å². The fourth-order valence-corrected chi connectivity index (χ4v) is 0.920. The largest absolute Gasteiger partial charge is 0.379 e. The Kier molecular flexibility index (Phi) is 3.03. The Labute approximate surface area is 81.2 Å². The zero-order valence-electron chi connectivity index (χ0n) is 7.72. The summed E-state index contributed by atoms with van der Waals surface area (Å²) in [7, 11) is 0. The van der Waals surface area contributed by atoms with Gasteiger partial charge in [-0.2, -0.15) is 5.26 Å². The van der Waals surface area contributed by atoms with Crippen LogP contribution in [0.15, 0.2) is 24.3 Å². The minimum Gasteiger partial charge on any atom is -0.379 e. The van der Waals surface area contributed by atoms with Gasteiger partial charge in [0.1, 0.15) is 0 Å². The second kappa shape index (κ2) is 4.05. The molecule has 0 heterocycles. The molecule has 0 spiro atoms. The van der Waals surface area contributed by atoms with Crippen molar-refractivity contribution in [2.45, 2.75) is 12.8 Å². The van der Waals surface area contributed by atoms with Crippen LogP contribution >= 0.6 is 0 Å². The van der Waals surface area contributed by atoms with Crippen LogP contribution in [0.2, 0.25) is 0 Å². The molecule has 0 bridgehead atoms. The number of hydrogen-bond acceptors (Lipinski definition) is 2. The molecule has 0 aliphatic carbocycles. The van der Waals surface area contributed by atoms with E-state index in [-0.39, 0.29) is 0 Å². The smallest absolute Gasteiger partial charge is 0.262 e. The highest BCUT2D eigenvalue weighted by Crippen LogP contribution is 2.14. The number of nitrogens with zero attached hydrogens (tertiary/aromatic N) is 1. The van der Waals surface area contributed by atoms with Gasteiger partial charge >= 0.3 is 0 Å². The molecular weight excluding hydrogens is 186 g/mol. The monoisotopic (exact) mass is 196 g/mol. The molecule has 14 heavy (non-hydrogen) atoms. The molecule has 2 nitrogen and oxygen atoms in total. The molecule has 0 saturated carbocycles. The molecule has 0 radical (unpaired) electrons. The number of nitrogens with one attached hydrogen (secondary N) is 1. The van der Waals surface area contributed by atoms with Gasteiger partial charge in [0, 0.05) is 12.6 Å². The number of anilines is 1. The predicted molar refractivity (Wildman–Crippen MR) is 50.3 cm³/mol. The average Bonchev–Trinajstić information content (AvgIpc) is 2.14. The molecule has 0 saturated heterocycles. The van der Waals surface area contributed by atoms with E-state index in [1.165, 1.54) is 0 Å². The summed E-state index contributed by atoms with van der Waals surface area (Å²) in [4.78, 5) is 0. The highest BCUT2D eigenvalue weighted by Gasteiger charge is 2.19. The lowest BCUT2D eigenvalue weighted by atomic mass is 10.2. The lowest BCUT2D eigenvalue weighted by Crippen LogP contribution is -2.22. The number of benzene rings is 1. The van der Waals surface area contributed by atoms with Crippen molar-refractivity contribution in [2.75, 3.05) is 11.9 Å². The maximum atomic E-state index is 12.4. The third kappa shape index (κ3) is 3.40. The summed E-state index contributed by atoms with van der Waals surface area (Å²) in [5, 5.41) is 11.1. The van der Waals surface area contributed by atoms with Gasteiger partial charge in [0.25, 0.3) is 5.92 Å². The third-order valence-corrected chi connectivity index (χ3v) is 1.62. The van der Waals surface area contributed by atoms with Crippen molar-refractivity contribution >= 4 is 5.69 Å². The van der Waals surface area contributed by atoms with E-state index in [1.54, 1.807) is 24.3 Å². The minimum atomic E-state index is -2.73. The Morgan fingerprint density at radius 3 is 2.36 bits per heavy atom. The van der Waals surface area contributed by atoms with Gasteiger partial charge in [-0.1, -0.05) is 0 Å². The molecule has 74 valence electrons. The van der Waals surface area contributed by atoms with Crippen LogP contribution in [0.3, 0.4) is 0 Å². The molecule has 0 aliphatic heterocycles. The first-order chi connectivity index (χ1) is 6.51. The van der Waals surface area contributed by atoms with E-state index in [0.717, 1.165) is 6.92 Å². The predicted octanol–water partition coefficient (Wildman–Crippen LogP) is 2.63. The molecule has 1 N–H and O–H groups in total. The molecule has 1 aromatic rings. The van der Waals surface area contributed by atoms with Crippen molar-refractivity contribution in [3.63, 3.8) is 0 Å². The third-order valence-electron chi connectivity index (χ3n) is 1.62. The van der Waals surface area contributed by atoms with E-state index in [9.17, 15) is 8.78 Å². The van der Waals surface area contributed by atoms with Gasteiger partial charge in [-0.25, -0.2) is 8.78 Å². The van der Waals surface area contributed by atoms with Crippen molar-refractivity contribution in [2.24, 2.45) is 0 Å². The van der Waals surface area contributed by atoms with Crippen LogP contribution in [0.5, 0.6) is 0 Å². The summed E-state index contributed by atoms with van der Waals surface area (Å²) in [5.74, 6) is -2.73. The number of rotatable bonds is 3. The van der Waals surface area contributed by atoms with Crippen LogP contribution in [-0.4, -0.2) is 12.5 Å². The summed E-state index contributed by atoms with van der Waals surface area (Å²) in [6, 6.07) is 8.31. The number of halogens is 2. The van der Waals surface area contributed by atoms with Gasteiger partial charge in [-0.05, 0) is 24.3 Å². The Morgan fingerprint density at radius 1 is 1.36 bits per heavy atom. The molecule has 1 aromatic carbocycles. The summed E-state index contributed by atoms with van der Waals surface area (Å²) < 4.78 is 24.9. The zero-order valence-corrected chi connectivity index (χ0v) is 7.72. The van der Waals surface area contributed by atoms with Crippen LogP contribution in [-0.2, 0) is 0 Å². The Balaban J connectivity index is 2.58. The second-order valence-corrected chi connectivity index (χ2v) is 3.11. The molecule has 0 fully saturated rings. The van der Waals surface area contributed by atoms with Crippen molar-refractivity contribution < 1.29 is 8.78 Å². The summed E-state index contributed by atoms with van der Waals surface area (Å²) in [6.07, 6.45) is 0. The standard InChI is InChI=1S/C10H10F2N2/c1-10(11,12)7-14-9-4-2-8(6-13)3-5-9/h2-5,14H,7H2,1H3. The van der Waals surface area contributed by atoms with Crippen LogP contribution in [0.25, 0.3) is 0 Å². The number of nitriles is 1. The Bertz CT molecular complexity index is 333. The Hall–Kier alpha value is -1.63. The van der Waals surface area contributed by atoms with Crippen LogP contribution < -0.4 is 5.32 Å². The van der Waals surface area contributed by atoms with E-state index in [4.69, 9.17) is 5.26 Å². The summed E-state index contributed by atoms with van der Waals surface area (Å²) in [5.41, 5.74) is 1.10. The molecular formula is C10H10F2N2. The van der Waals surface area contributed by atoms with Crippen molar-refractivity contribution in [1.82, 2.24) is 0 Å². The van der Waals surface area contributed by atoms with Crippen LogP contribution in [0, 0.1) is 11.3 Å². The topological polar surface area (TPSA) is 35.8 Å². The van der Waals surface area contributed by atoms with E-state index >= 15 is 0 Å². The lowest BCUT2D eigenvalue weighted by molar-refractivity contribution is 0.0368. The van der Waals surface area contributed by atoms with Gasteiger partial charge in [-0.3, -0.25) is 0 Å². The van der Waals surface area contributed by atoms with Gasteiger partial charge in [0.05, 0.1) is 18.2 Å². The zero-order chi connectivity index (χ0) is 10.6. The quantitative estimate of drug-likeness (QED) is 0.806. The first-order valence-electron chi connectivity index (χ1n) is 4.13. The van der Waals surface area contributed by atoms with Gasteiger partial charge in [-0.15, -0.1) is 0 Å². The van der Waals surface area contributed by atoms with Crippen LogP contribution in [0.4, 0.5) is 14.5 Å². The molecule has 4 heteroatoms. The van der Waals surface area contributed by atoms with Crippen molar-refractivity contribution in [3.8, 4) is 6.07 Å². The van der Waals surface area contributed by atoms with Gasteiger partial charge < -0.3 is 5.32 Å². The van der Waals surface area contributed by atoms with E-state index < -0.39 is 12.5 Å². The molecule has 0 aliphatic rings. The van der Waals surface area contributed by atoms with Crippen molar-refractivity contribution in [1.29, 1.82) is 5.26 Å². The maximum absolute atomic E-state index is 12.4. The normalized spacial score (nSPS) is 10.7. The average molecular weight is 196 g/mol. The molecule has 1 rings (SSSR count). The van der Waals surface area contributed by atoms with Crippen molar-refractivity contribution in [3.05, 3.63) is 29.8 Å². The minimum absolute atomic E-state index is 0.404. The molecule has 0 amide bonds. The van der Waals surface area contributed by atoms with E-state index in [2.05, 4.69) is 5.32 Å². The fraction of sp³-hybridized carbons (Fsp3) is 0.300. The maximum Gasteiger partial charge on any atom is 0.262 e. The highest BCUT2D eigenvalue weighted by molar-refractivity contribution is 5.47. The molecule has 0 atom stereocenters. The van der Waals surface area contributed by atoms with E-state index in [0.29, 0.717) is 11.3 Å². The summed E-state index contributed by atoms with van der Waals surface area (Å²) in [6.45, 7) is 0.447. The fourth-order valence-electron chi connectivity index (χ4n) is 0.920. The number of hydrogen-bond donors (Lipinski definition) is 1. The van der Waals surface area contributed by atoms with Gasteiger partial charge in [0.2, 0.25) is 0 Å². The first kappa shape index (κ1) is 10.5. The summed E-state index contributed by atoms with van der Waals surface area (Å²) >= 11 is 0. The van der Waals surface area contributed by atoms with E-state index in [1.807, 2.05) is 6.07 Å². The number of alkyl halides is 2. The highest BCUT2D eigenvalue weighted by atomic mass is 19.3.